The van der Waals surface area contributed by atoms with Crippen molar-refractivity contribution >= 4 is 0 Å². The van der Waals surface area contributed by atoms with E-state index in [2.05, 4.69) is 4.90 Å². The summed E-state index contributed by atoms with van der Waals surface area (Å²) < 4.78 is 25.3. The van der Waals surface area contributed by atoms with Crippen LogP contribution in [-0.2, 0) is 0 Å². The Labute approximate surface area is 118 Å². The summed E-state index contributed by atoms with van der Waals surface area (Å²) in [4.78, 5) is 2.24. The normalized spacial score (nSPS) is 20.1. The van der Waals surface area contributed by atoms with E-state index in [4.69, 9.17) is 9.47 Å². The molecule has 1 N–H and O–H groups in total. The average Bonchev–Trinajstić information content (AvgIpc) is 2.98. The van der Waals surface area contributed by atoms with E-state index in [1.54, 1.807) is 6.07 Å². The summed E-state index contributed by atoms with van der Waals surface area (Å²) in [5.74, 6) is 0.802. The summed E-state index contributed by atoms with van der Waals surface area (Å²) in [6, 6.07) is 3.06. The van der Waals surface area contributed by atoms with Crippen molar-refractivity contribution in [2.75, 3.05) is 32.9 Å². The molecule has 0 aromatic heterocycles. The van der Waals surface area contributed by atoms with E-state index in [0.29, 0.717) is 36.7 Å². The van der Waals surface area contributed by atoms with Crippen molar-refractivity contribution in [1.82, 2.24) is 4.90 Å². The highest BCUT2D eigenvalue weighted by Gasteiger charge is 2.27. The van der Waals surface area contributed by atoms with Gasteiger partial charge in [0.05, 0.1) is 0 Å². The smallest absolute Gasteiger partial charge is 0.164 e. The maximum Gasteiger partial charge on any atom is 0.164 e. The van der Waals surface area contributed by atoms with Gasteiger partial charge in [0.2, 0.25) is 0 Å². The first-order valence-electron chi connectivity index (χ1n) is 7.23. The van der Waals surface area contributed by atoms with Gasteiger partial charge in [0, 0.05) is 24.3 Å². The number of benzene rings is 1. The fourth-order valence-corrected chi connectivity index (χ4v) is 3.05. The minimum absolute atomic E-state index is 0.0506. The van der Waals surface area contributed by atoms with Gasteiger partial charge in [0.15, 0.2) is 11.5 Å². The molecule has 4 nitrogen and oxygen atoms in total. The molecule has 2 aliphatic rings. The van der Waals surface area contributed by atoms with Gasteiger partial charge in [-0.15, -0.1) is 0 Å². The summed E-state index contributed by atoms with van der Waals surface area (Å²) >= 11 is 0. The average molecular weight is 281 g/mol. The third kappa shape index (κ3) is 2.60. The second-order valence-electron chi connectivity index (χ2n) is 5.29. The number of likely N-dealkylation sites (tertiary alicyclic amines) is 1. The van der Waals surface area contributed by atoms with Gasteiger partial charge in [-0.05, 0) is 38.4 Å². The summed E-state index contributed by atoms with van der Waals surface area (Å²) in [6.45, 7) is 2.91. The van der Waals surface area contributed by atoms with Crippen molar-refractivity contribution in [3.8, 4) is 11.5 Å². The fourth-order valence-electron chi connectivity index (χ4n) is 3.05. The van der Waals surface area contributed by atoms with E-state index in [1.165, 1.54) is 6.07 Å². The van der Waals surface area contributed by atoms with Crippen LogP contribution in [0.1, 0.15) is 30.9 Å². The Morgan fingerprint density at radius 1 is 1.15 bits per heavy atom. The van der Waals surface area contributed by atoms with Crippen LogP contribution in [0.25, 0.3) is 0 Å². The molecule has 20 heavy (non-hydrogen) atoms. The maximum absolute atomic E-state index is 14.4. The van der Waals surface area contributed by atoms with Gasteiger partial charge in [-0.3, -0.25) is 4.90 Å². The largest absolute Gasteiger partial charge is 0.486 e. The number of ether oxygens (including phenoxy) is 2. The molecule has 1 aromatic rings. The second-order valence-corrected chi connectivity index (χ2v) is 5.29. The molecule has 0 saturated carbocycles. The molecule has 3 rings (SSSR count). The van der Waals surface area contributed by atoms with Crippen LogP contribution in [0.2, 0.25) is 0 Å². The molecular formula is C15H20FNO3. The molecule has 1 fully saturated rings. The van der Waals surface area contributed by atoms with Gasteiger partial charge in [0.1, 0.15) is 19.0 Å². The highest BCUT2D eigenvalue weighted by Crippen LogP contribution is 2.38. The van der Waals surface area contributed by atoms with Gasteiger partial charge >= 0.3 is 0 Å². The Morgan fingerprint density at radius 2 is 1.80 bits per heavy atom. The molecule has 1 aromatic carbocycles. The Bertz CT molecular complexity index is 474. The summed E-state index contributed by atoms with van der Waals surface area (Å²) in [5.41, 5.74) is 0.602. The lowest BCUT2D eigenvalue weighted by molar-refractivity contribution is 0.165. The quantitative estimate of drug-likeness (QED) is 0.918. The van der Waals surface area contributed by atoms with Crippen molar-refractivity contribution in [2.24, 2.45) is 0 Å². The molecule has 2 heterocycles. The number of aliphatic hydroxyl groups is 1. The van der Waals surface area contributed by atoms with Crippen LogP contribution in [0, 0.1) is 5.82 Å². The van der Waals surface area contributed by atoms with Crippen LogP contribution in [-0.4, -0.2) is 42.9 Å². The molecule has 2 aliphatic heterocycles. The predicted octanol–water partition coefficient (Wildman–Crippen LogP) is 2.12. The van der Waals surface area contributed by atoms with Crippen LogP contribution in [0.3, 0.4) is 0 Å². The molecule has 0 radical (unpaired) electrons. The highest BCUT2D eigenvalue weighted by atomic mass is 19.1. The summed E-state index contributed by atoms with van der Waals surface area (Å²) in [5, 5.41) is 9.28. The van der Waals surface area contributed by atoms with Crippen molar-refractivity contribution in [3.63, 3.8) is 0 Å². The van der Waals surface area contributed by atoms with Crippen LogP contribution in [0.15, 0.2) is 12.1 Å². The molecule has 5 heteroatoms. The third-order valence-electron chi connectivity index (χ3n) is 4.00. The summed E-state index contributed by atoms with van der Waals surface area (Å²) in [7, 11) is 0. The lowest BCUT2D eigenvalue weighted by Gasteiger charge is -2.29. The molecule has 1 unspecified atom stereocenters. The fraction of sp³-hybridized carbons (Fsp3) is 0.600. The Kier molecular flexibility index (Phi) is 4.08. The molecule has 110 valence electrons. The molecule has 1 atom stereocenters. The molecule has 0 bridgehead atoms. The Morgan fingerprint density at radius 3 is 2.45 bits per heavy atom. The van der Waals surface area contributed by atoms with Gasteiger partial charge in [-0.2, -0.15) is 0 Å². The first kappa shape index (κ1) is 13.6. The Balaban J connectivity index is 1.92. The molecular weight excluding hydrogens is 261 g/mol. The third-order valence-corrected chi connectivity index (χ3v) is 4.00. The van der Waals surface area contributed by atoms with E-state index in [9.17, 15) is 9.50 Å². The zero-order chi connectivity index (χ0) is 13.9. The van der Waals surface area contributed by atoms with Crippen LogP contribution in [0.4, 0.5) is 4.39 Å². The summed E-state index contributed by atoms with van der Waals surface area (Å²) in [6.07, 6.45) is 2.80. The predicted molar refractivity (Wildman–Crippen MR) is 72.6 cm³/mol. The number of rotatable bonds is 4. The molecule has 0 aliphatic carbocycles. The van der Waals surface area contributed by atoms with Crippen molar-refractivity contribution in [2.45, 2.75) is 25.3 Å². The van der Waals surface area contributed by atoms with Crippen LogP contribution < -0.4 is 9.47 Å². The molecule has 1 saturated heterocycles. The van der Waals surface area contributed by atoms with E-state index >= 15 is 0 Å². The van der Waals surface area contributed by atoms with E-state index < -0.39 is 0 Å². The minimum Gasteiger partial charge on any atom is -0.486 e. The zero-order valence-electron chi connectivity index (χ0n) is 11.5. The van der Waals surface area contributed by atoms with Gasteiger partial charge in [0.25, 0.3) is 0 Å². The standard InChI is InChI=1S/C15H20FNO3/c16-12-10-15-14(19-7-8-20-15)9-11(12)13(3-6-18)17-4-1-2-5-17/h9-10,13,18H,1-8H2. The van der Waals surface area contributed by atoms with Crippen molar-refractivity contribution in [3.05, 3.63) is 23.5 Å². The van der Waals surface area contributed by atoms with E-state index in [-0.39, 0.29) is 18.5 Å². The molecule has 0 spiro atoms. The number of halogens is 1. The van der Waals surface area contributed by atoms with Crippen molar-refractivity contribution in [1.29, 1.82) is 0 Å². The van der Waals surface area contributed by atoms with Crippen molar-refractivity contribution < 1.29 is 19.0 Å². The van der Waals surface area contributed by atoms with Gasteiger partial charge in [-0.25, -0.2) is 4.39 Å². The SMILES string of the molecule is OCCC(c1cc2c(cc1F)OCCO2)N1CCCC1. The lowest BCUT2D eigenvalue weighted by Crippen LogP contribution is -2.27. The lowest BCUT2D eigenvalue weighted by atomic mass is 10.0. The number of hydrogen-bond acceptors (Lipinski definition) is 4. The van der Waals surface area contributed by atoms with E-state index in [1.807, 2.05) is 0 Å². The second kappa shape index (κ2) is 5.97. The topological polar surface area (TPSA) is 41.9 Å². The monoisotopic (exact) mass is 281 g/mol. The number of hydrogen-bond donors (Lipinski definition) is 1. The highest BCUT2D eigenvalue weighted by molar-refractivity contribution is 5.45. The zero-order valence-corrected chi connectivity index (χ0v) is 11.5. The molecule has 0 amide bonds. The Hall–Kier alpha value is -1.33. The van der Waals surface area contributed by atoms with Crippen LogP contribution >= 0.6 is 0 Å². The minimum atomic E-state index is -0.278. The van der Waals surface area contributed by atoms with Gasteiger partial charge < -0.3 is 14.6 Å². The maximum atomic E-state index is 14.4. The van der Waals surface area contributed by atoms with Crippen LogP contribution in [0.5, 0.6) is 11.5 Å². The van der Waals surface area contributed by atoms with Gasteiger partial charge in [-0.1, -0.05) is 0 Å². The first-order chi connectivity index (χ1) is 9.79. The number of fused-ring (bicyclic) bond motifs is 1. The number of nitrogens with zero attached hydrogens (tertiary/aromatic N) is 1. The number of aliphatic hydroxyl groups excluding tert-OH is 1. The first-order valence-corrected chi connectivity index (χ1v) is 7.23. The van der Waals surface area contributed by atoms with E-state index in [0.717, 1.165) is 25.9 Å².